The summed E-state index contributed by atoms with van der Waals surface area (Å²) in [5.74, 6) is 1.35. The third-order valence-corrected chi connectivity index (χ3v) is 6.15. The highest BCUT2D eigenvalue weighted by molar-refractivity contribution is 7.99. The summed E-state index contributed by atoms with van der Waals surface area (Å²) < 4.78 is 22.7. The molecule has 1 aromatic carbocycles. The molecule has 1 N–H and O–H groups in total. The Morgan fingerprint density at radius 2 is 1.95 bits per heavy atom. The van der Waals surface area contributed by atoms with E-state index in [-0.39, 0.29) is 23.5 Å². The molecule has 0 saturated carbocycles. The Hall–Kier alpha value is -1.01. The topological polar surface area (TPSA) is 63.2 Å². The van der Waals surface area contributed by atoms with Crippen LogP contribution in [0.3, 0.4) is 0 Å². The molecule has 0 aromatic heterocycles. The molecule has 116 valence electrons. The highest BCUT2D eigenvalue weighted by Gasteiger charge is 2.28. The van der Waals surface area contributed by atoms with E-state index in [0.29, 0.717) is 12.2 Å². The van der Waals surface area contributed by atoms with Gasteiger partial charge in [0, 0.05) is 11.8 Å². The summed E-state index contributed by atoms with van der Waals surface area (Å²) in [5, 5.41) is 2.80. The van der Waals surface area contributed by atoms with Crippen molar-refractivity contribution in [2.24, 2.45) is 0 Å². The zero-order chi connectivity index (χ0) is 15.5. The first-order valence-electron chi connectivity index (χ1n) is 6.99. The minimum absolute atomic E-state index is 0.0773. The monoisotopic (exact) mass is 327 g/mol. The van der Waals surface area contributed by atoms with E-state index in [9.17, 15) is 13.2 Å². The van der Waals surface area contributed by atoms with Crippen LogP contribution in [-0.2, 0) is 20.4 Å². The Morgan fingerprint density at radius 3 is 2.52 bits per heavy atom. The normalized spacial score (nSPS) is 20.4. The second-order valence-corrected chi connectivity index (χ2v) is 8.87. The van der Waals surface area contributed by atoms with Gasteiger partial charge in [-0.2, -0.15) is 0 Å². The molecule has 1 amide bonds. The van der Waals surface area contributed by atoms with Gasteiger partial charge in [-0.15, -0.1) is 11.8 Å². The van der Waals surface area contributed by atoms with E-state index in [1.54, 1.807) is 11.8 Å². The number of carbonyl (C=O) groups excluding carboxylic acids is 1. The number of hydrogen-bond acceptors (Lipinski definition) is 4. The van der Waals surface area contributed by atoms with E-state index in [0.717, 1.165) is 5.75 Å². The van der Waals surface area contributed by atoms with Gasteiger partial charge in [-0.05, 0) is 25.8 Å². The Bertz CT molecular complexity index is 606. The predicted octanol–water partition coefficient (Wildman–Crippen LogP) is 1.84. The van der Waals surface area contributed by atoms with E-state index in [1.165, 1.54) is 16.7 Å². The third kappa shape index (κ3) is 5.36. The average molecular weight is 327 g/mol. The van der Waals surface area contributed by atoms with Crippen LogP contribution in [0.4, 0.5) is 0 Å². The summed E-state index contributed by atoms with van der Waals surface area (Å²) in [5.41, 5.74) is 3.67. The largest absolute Gasteiger partial charge is 0.352 e. The van der Waals surface area contributed by atoms with E-state index in [2.05, 4.69) is 37.4 Å². The number of amides is 1. The molecule has 0 radical (unpaired) electrons. The minimum Gasteiger partial charge on any atom is -0.352 e. The molecule has 6 heteroatoms. The lowest BCUT2D eigenvalue weighted by Gasteiger charge is -2.10. The highest BCUT2D eigenvalue weighted by Crippen LogP contribution is 2.16. The minimum atomic E-state index is -2.94. The fourth-order valence-corrected chi connectivity index (χ4v) is 5.04. The number of sulfone groups is 1. The average Bonchev–Trinajstić information content (AvgIpc) is 2.67. The van der Waals surface area contributed by atoms with Crippen molar-refractivity contribution >= 4 is 27.5 Å². The molecule has 0 spiro atoms. The molecule has 1 heterocycles. The first kappa shape index (κ1) is 16.4. The smallest absolute Gasteiger partial charge is 0.230 e. The van der Waals surface area contributed by atoms with Crippen molar-refractivity contribution in [3.63, 3.8) is 0 Å². The molecular weight excluding hydrogens is 306 g/mol. The van der Waals surface area contributed by atoms with Crippen LogP contribution < -0.4 is 5.32 Å². The predicted molar refractivity (Wildman–Crippen MR) is 87.3 cm³/mol. The molecule has 1 atom stereocenters. The Balaban J connectivity index is 1.74. The van der Waals surface area contributed by atoms with Crippen molar-refractivity contribution in [2.75, 3.05) is 17.3 Å². The number of nitrogens with one attached hydrogen (secondary N) is 1. The van der Waals surface area contributed by atoms with Crippen molar-refractivity contribution in [2.45, 2.75) is 32.1 Å². The van der Waals surface area contributed by atoms with E-state index in [4.69, 9.17) is 0 Å². The maximum absolute atomic E-state index is 11.8. The van der Waals surface area contributed by atoms with Crippen molar-refractivity contribution in [3.8, 4) is 0 Å². The zero-order valence-electron chi connectivity index (χ0n) is 12.4. The van der Waals surface area contributed by atoms with Gasteiger partial charge in [-0.1, -0.05) is 29.3 Å². The summed E-state index contributed by atoms with van der Waals surface area (Å²) in [6, 6.07) is 6.17. The number of thioether (sulfide) groups is 1. The van der Waals surface area contributed by atoms with Crippen molar-refractivity contribution in [1.29, 1.82) is 0 Å². The van der Waals surface area contributed by atoms with Gasteiger partial charge >= 0.3 is 0 Å². The number of hydrogen-bond donors (Lipinski definition) is 1. The van der Waals surface area contributed by atoms with Gasteiger partial charge in [-0.3, -0.25) is 4.79 Å². The Kier molecular flexibility index (Phi) is 5.32. The second-order valence-electron chi connectivity index (χ2n) is 5.66. The lowest BCUT2D eigenvalue weighted by atomic mass is 10.1. The summed E-state index contributed by atoms with van der Waals surface area (Å²) >= 11 is 1.55. The van der Waals surface area contributed by atoms with Gasteiger partial charge in [-0.25, -0.2) is 8.42 Å². The van der Waals surface area contributed by atoms with Crippen LogP contribution in [0.5, 0.6) is 0 Å². The molecule has 1 unspecified atom stereocenters. The third-order valence-electron chi connectivity index (χ3n) is 3.38. The van der Waals surface area contributed by atoms with Crippen molar-refractivity contribution in [3.05, 3.63) is 34.9 Å². The maximum atomic E-state index is 11.8. The maximum Gasteiger partial charge on any atom is 0.230 e. The van der Waals surface area contributed by atoms with Crippen LogP contribution in [0.1, 0.15) is 23.1 Å². The van der Waals surface area contributed by atoms with Crippen LogP contribution in [-0.4, -0.2) is 37.6 Å². The lowest BCUT2D eigenvalue weighted by Crippen LogP contribution is -2.36. The van der Waals surface area contributed by atoms with Gasteiger partial charge in [0.25, 0.3) is 0 Å². The molecule has 1 aromatic rings. The number of benzene rings is 1. The molecular formula is C15H21NO3S2. The summed E-state index contributed by atoms with van der Waals surface area (Å²) in [4.78, 5) is 11.8. The zero-order valence-corrected chi connectivity index (χ0v) is 14.0. The highest BCUT2D eigenvalue weighted by atomic mass is 32.2. The Morgan fingerprint density at radius 1 is 1.29 bits per heavy atom. The van der Waals surface area contributed by atoms with E-state index < -0.39 is 9.84 Å². The van der Waals surface area contributed by atoms with Gasteiger partial charge in [0.15, 0.2) is 9.84 Å². The van der Waals surface area contributed by atoms with Gasteiger partial charge in [0.2, 0.25) is 5.91 Å². The van der Waals surface area contributed by atoms with Gasteiger partial charge < -0.3 is 5.32 Å². The fourth-order valence-electron chi connectivity index (χ4n) is 2.59. The molecule has 4 nitrogen and oxygen atoms in total. The summed E-state index contributed by atoms with van der Waals surface area (Å²) in [7, 11) is -2.94. The molecule has 1 aliphatic rings. The first-order chi connectivity index (χ1) is 9.84. The standard InChI is InChI=1S/C15H21NO3S2/c1-11-5-12(2)7-13(6-11)8-20-9-15(17)16-14-3-4-21(18,19)10-14/h5-7,14H,3-4,8-10H2,1-2H3,(H,16,17). The summed E-state index contributed by atoms with van der Waals surface area (Å²) in [6.45, 7) is 4.13. The molecule has 0 aliphatic carbocycles. The molecule has 2 rings (SSSR count). The fraction of sp³-hybridized carbons (Fsp3) is 0.533. The lowest BCUT2D eigenvalue weighted by molar-refractivity contribution is -0.119. The van der Waals surface area contributed by atoms with Gasteiger partial charge in [0.1, 0.15) is 0 Å². The molecule has 1 saturated heterocycles. The molecule has 0 bridgehead atoms. The Labute approximate surface area is 130 Å². The number of aryl methyl sites for hydroxylation is 2. The van der Waals surface area contributed by atoms with Crippen LogP contribution in [0, 0.1) is 13.8 Å². The SMILES string of the molecule is Cc1cc(C)cc(CSCC(=O)NC2CCS(=O)(=O)C2)c1. The number of carbonyl (C=O) groups is 1. The van der Waals surface area contributed by atoms with Crippen LogP contribution in [0.15, 0.2) is 18.2 Å². The quantitative estimate of drug-likeness (QED) is 0.896. The van der Waals surface area contributed by atoms with Crippen LogP contribution >= 0.6 is 11.8 Å². The van der Waals surface area contributed by atoms with Crippen LogP contribution in [0.25, 0.3) is 0 Å². The molecule has 1 aliphatic heterocycles. The van der Waals surface area contributed by atoms with Crippen molar-refractivity contribution in [1.82, 2.24) is 5.32 Å². The second kappa shape index (κ2) is 6.83. The van der Waals surface area contributed by atoms with Gasteiger partial charge in [0.05, 0.1) is 17.3 Å². The molecule has 1 fully saturated rings. The van der Waals surface area contributed by atoms with E-state index in [1.807, 2.05) is 0 Å². The number of rotatable bonds is 5. The summed E-state index contributed by atoms with van der Waals surface area (Å²) in [6.07, 6.45) is 0.538. The van der Waals surface area contributed by atoms with Crippen molar-refractivity contribution < 1.29 is 13.2 Å². The van der Waals surface area contributed by atoms with E-state index >= 15 is 0 Å². The first-order valence-corrected chi connectivity index (χ1v) is 9.96. The van der Waals surface area contributed by atoms with Crippen LogP contribution in [0.2, 0.25) is 0 Å². The molecule has 21 heavy (non-hydrogen) atoms.